The van der Waals surface area contributed by atoms with Crippen molar-refractivity contribution < 1.29 is 22.4 Å². The summed E-state index contributed by atoms with van der Waals surface area (Å²) in [6.07, 6.45) is -3.55. The van der Waals surface area contributed by atoms with Crippen molar-refractivity contribution in [3.05, 3.63) is 65.5 Å². The molecular weight excluding hydrogens is 383 g/mol. The van der Waals surface area contributed by atoms with Crippen LogP contribution in [0.5, 0.6) is 5.75 Å². The van der Waals surface area contributed by atoms with Gasteiger partial charge in [0.05, 0.1) is 18.6 Å². The zero-order valence-corrected chi connectivity index (χ0v) is 15.8. The molecule has 0 bridgehead atoms. The van der Waals surface area contributed by atoms with Crippen molar-refractivity contribution in [2.24, 2.45) is 0 Å². The first-order valence-corrected chi connectivity index (χ1v) is 9.29. The van der Waals surface area contributed by atoms with E-state index in [1.54, 1.807) is 13.2 Å². The van der Waals surface area contributed by atoms with E-state index in [-0.39, 0.29) is 11.7 Å². The molecule has 8 heteroatoms. The molecule has 2 aromatic carbocycles. The van der Waals surface area contributed by atoms with Gasteiger partial charge >= 0.3 is 6.18 Å². The molecular formula is C21H20F3N3O2. The maximum Gasteiger partial charge on any atom is 0.416 e. The van der Waals surface area contributed by atoms with E-state index in [0.29, 0.717) is 11.5 Å². The van der Waals surface area contributed by atoms with Gasteiger partial charge in [-0.15, -0.1) is 0 Å². The minimum absolute atomic E-state index is 0.0626. The summed E-state index contributed by atoms with van der Waals surface area (Å²) in [6.45, 7) is 2.41. The average Bonchev–Trinajstić information content (AvgIpc) is 3.37. The van der Waals surface area contributed by atoms with Crippen LogP contribution in [-0.2, 0) is 12.7 Å². The van der Waals surface area contributed by atoms with Crippen molar-refractivity contribution in [3.63, 3.8) is 0 Å². The Balaban J connectivity index is 1.44. The zero-order chi connectivity index (χ0) is 20.4. The van der Waals surface area contributed by atoms with E-state index in [0.717, 1.165) is 49.5 Å². The highest BCUT2D eigenvalue weighted by atomic mass is 19.4. The maximum absolute atomic E-state index is 12.9. The molecule has 1 aliphatic heterocycles. The molecule has 4 rings (SSSR count). The Labute approximate surface area is 166 Å². The van der Waals surface area contributed by atoms with Crippen LogP contribution >= 0.6 is 0 Å². The lowest BCUT2D eigenvalue weighted by Gasteiger charge is -2.15. The van der Waals surface area contributed by atoms with Crippen LogP contribution < -0.4 is 4.74 Å². The summed E-state index contributed by atoms with van der Waals surface area (Å²) < 4.78 is 49.4. The van der Waals surface area contributed by atoms with Gasteiger partial charge in [0, 0.05) is 18.7 Å². The highest BCUT2D eigenvalue weighted by Gasteiger charge is 2.32. The van der Waals surface area contributed by atoms with Crippen LogP contribution in [0.3, 0.4) is 0 Å². The fourth-order valence-electron chi connectivity index (χ4n) is 3.56. The first-order valence-electron chi connectivity index (χ1n) is 9.29. The van der Waals surface area contributed by atoms with Crippen molar-refractivity contribution in [1.29, 1.82) is 0 Å². The Morgan fingerprint density at radius 3 is 2.79 bits per heavy atom. The van der Waals surface area contributed by atoms with Crippen molar-refractivity contribution in [1.82, 2.24) is 15.0 Å². The number of rotatable bonds is 5. The fraction of sp³-hybridized carbons (Fsp3) is 0.333. The van der Waals surface area contributed by atoms with Crippen LogP contribution in [0.4, 0.5) is 13.2 Å². The van der Waals surface area contributed by atoms with Gasteiger partial charge in [-0.05, 0) is 42.8 Å². The van der Waals surface area contributed by atoms with Crippen LogP contribution in [0.2, 0.25) is 0 Å². The van der Waals surface area contributed by atoms with Gasteiger partial charge in [-0.1, -0.05) is 29.4 Å². The summed E-state index contributed by atoms with van der Waals surface area (Å²) in [5, 5.41) is 3.90. The average molecular weight is 403 g/mol. The number of halogens is 3. The molecule has 0 amide bonds. The number of hydrogen-bond donors (Lipinski definition) is 0. The number of hydrogen-bond acceptors (Lipinski definition) is 5. The SMILES string of the molecule is COc1cccc(CN2CCC(c3nc(-c4cccc(C(F)(F)F)c4)no3)C2)c1. The fourth-order valence-corrected chi connectivity index (χ4v) is 3.56. The molecule has 1 aliphatic rings. The monoisotopic (exact) mass is 403 g/mol. The third-order valence-corrected chi connectivity index (χ3v) is 5.05. The van der Waals surface area contributed by atoms with Gasteiger partial charge in [-0.2, -0.15) is 18.2 Å². The van der Waals surface area contributed by atoms with Gasteiger partial charge in [0.15, 0.2) is 0 Å². The minimum atomic E-state index is -4.41. The number of ether oxygens (including phenoxy) is 1. The summed E-state index contributed by atoms with van der Waals surface area (Å²) in [5.41, 5.74) is 0.716. The third-order valence-electron chi connectivity index (χ3n) is 5.05. The lowest BCUT2D eigenvalue weighted by atomic mass is 10.1. The number of benzene rings is 2. The number of alkyl halides is 3. The van der Waals surface area contributed by atoms with E-state index in [1.165, 1.54) is 6.07 Å². The second kappa shape index (κ2) is 7.87. The van der Waals surface area contributed by atoms with Crippen molar-refractivity contribution in [3.8, 4) is 17.1 Å². The van der Waals surface area contributed by atoms with Gasteiger partial charge in [0.1, 0.15) is 5.75 Å². The van der Waals surface area contributed by atoms with E-state index >= 15 is 0 Å². The van der Waals surface area contributed by atoms with E-state index in [2.05, 4.69) is 15.0 Å². The number of nitrogens with zero attached hydrogens (tertiary/aromatic N) is 3. The summed E-state index contributed by atoms with van der Waals surface area (Å²) >= 11 is 0. The lowest BCUT2D eigenvalue weighted by Crippen LogP contribution is -2.19. The molecule has 29 heavy (non-hydrogen) atoms. The molecule has 1 unspecified atom stereocenters. The molecule has 0 spiro atoms. The predicted octanol–water partition coefficient (Wildman–Crippen LogP) is 4.75. The van der Waals surface area contributed by atoms with Crippen LogP contribution in [0.15, 0.2) is 53.1 Å². The Kier molecular flexibility index (Phi) is 5.27. The standard InChI is InChI=1S/C21H20F3N3O2/c1-28-18-7-2-4-14(10-18)12-27-9-8-16(13-27)20-25-19(26-29-20)15-5-3-6-17(11-15)21(22,23)24/h2-7,10-11,16H,8-9,12-13H2,1H3. The number of likely N-dealkylation sites (tertiary alicyclic amines) is 1. The third kappa shape index (κ3) is 4.42. The first kappa shape index (κ1) is 19.4. The molecule has 0 radical (unpaired) electrons. The molecule has 5 nitrogen and oxygen atoms in total. The van der Waals surface area contributed by atoms with E-state index in [9.17, 15) is 13.2 Å². The van der Waals surface area contributed by atoms with Crippen LogP contribution in [0.25, 0.3) is 11.4 Å². The van der Waals surface area contributed by atoms with E-state index in [4.69, 9.17) is 9.26 Å². The molecule has 1 atom stereocenters. The molecule has 1 aromatic heterocycles. The Bertz CT molecular complexity index is 987. The molecule has 152 valence electrons. The summed E-state index contributed by atoms with van der Waals surface area (Å²) in [7, 11) is 1.64. The molecule has 2 heterocycles. The largest absolute Gasteiger partial charge is 0.497 e. The molecule has 0 saturated carbocycles. The summed E-state index contributed by atoms with van der Waals surface area (Å²) in [4.78, 5) is 6.65. The minimum Gasteiger partial charge on any atom is -0.497 e. The molecule has 1 saturated heterocycles. The van der Waals surface area contributed by atoms with Gasteiger partial charge in [-0.3, -0.25) is 4.90 Å². The van der Waals surface area contributed by atoms with Gasteiger partial charge in [-0.25, -0.2) is 0 Å². The summed E-state index contributed by atoms with van der Waals surface area (Å²) in [6, 6.07) is 12.9. The molecule has 3 aromatic rings. The van der Waals surface area contributed by atoms with Crippen molar-refractivity contribution in [2.75, 3.05) is 20.2 Å². The van der Waals surface area contributed by atoms with Crippen molar-refractivity contribution in [2.45, 2.75) is 25.1 Å². The highest BCUT2D eigenvalue weighted by Crippen LogP contribution is 2.33. The zero-order valence-electron chi connectivity index (χ0n) is 15.8. The second-order valence-electron chi connectivity index (χ2n) is 7.11. The Morgan fingerprint density at radius 1 is 1.17 bits per heavy atom. The maximum atomic E-state index is 12.9. The predicted molar refractivity (Wildman–Crippen MR) is 100 cm³/mol. The topological polar surface area (TPSA) is 51.4 Å². The first-order chi connectivity index (χ1) is 13.9. The molecule has 1 fully saturated rings. The molecule has 0 N–H and O–H groups in total. The number of methoxy groups -OCH3 is 1. The Hall–Kier alpha value is -2.87. The van der Waals surface area contributed by atoms with Gasteiger partial charge in [0.25, 0.3) is 0 Å². The van der Waals surface area contributed by atoms with Gasteiger partial charge < -0.3 is 9.26 Å². The van der Waals surface area contributed by atoms with Crippen LogP contribution in [0, 0.1) is 0 Å². The normalized spacial score (nSPS) is 17.6. The lowest BCUT2D eigenvalue weighted by molar-refractivity contribution is -0.137. The quantitative estimate of drug-likeness (QED) is 0.615. The summed E-state index contributed by atoms with van der Waals surface area (Å²) in [5.74, 6) is 1.52. The van der Waals surface area contributed by atoms with Crippen LogP contribution in [-0.4, -0.2) is 35.2 Å². The van der Waals surface area contributed by atoms with Gasteiger partial charge in [0.2, 0.25) is 11.7 Å². The second-order valence-corrected chi connectivity index (χ2v) is 7.11. The molecule has 0 aliphatic carbocycles. The highest BCUT2D eigenvalue weighted by molar-refractivity contribution is 5.55. The van der Waals surface area contributed by atoms with Crippen LogP contribution in [0.1, 0.15) is 29.4 Å². The smallest absolute Gasteiger partial charge is 0.416 e. The number of aromatic nitrogens is 2. The van der Waals surface area contributed by atoms with E-state index in [1.807, 2.05) is 24.3 Å². The van der Waals surface area contributed by atoms with Crippen molar-refractivity contribution >= 4 is 0 Å². The van der Waals surface area contributed by atoms with E-state index < -0.39 is 11.7 Å². The Morgan fingerprint density at radius 2 is 2.00 bits per heavy atom.